The van der Waals surface area contributed by atoms with E-state index in [1.807, 2.05) is 7.05 Å². The predicted octanol–water partition coefficient (Wildman–Crippen LogP) is 3.01. The van der Waals surface area contributed by atoms with Crippen LogP contribution >= 0.6 is 0 Å². The zero-order chi connectivity index (χ0) is 15.3. The highest BCUT2D eigenvalue weighted by Gasteiger charge is 2.40. The minimum atomic E-state index is 0.0156. The van der Waals surface area contributed by atoms with Gasteiger partial charge in [-0.15, -0.1) is 0 Å². The van der Waals surface area contributed by atoms with Crippen LogP contribution in [0.1, 0.15) is 26.2 Å². The molecule has 3 aliphatic carbocycles. The van der Waals surface area contributed by atoms with Gasteiger partial charge in [0.25, 0.3) is 0 Å². The molecule has 1 aliphatic heterocycles. The lowest BCUT2D eigenvalue weighted by Crippen LogP contribution is -2.30. The van der Waals surface area contributed by atoms with E-state index in [4.69, 9.17) is 4.74 Å². The highest BCUT2D eigenvalue weighted by atomic mass is 16.5. The Balaban J connectivity index is 1.43. The lowest BCUT2D eigenvalue weighted by Gasteiger charge is -2.14. The Morgan fingerprint density at radius 2 is 2.14 bits per heavy atom. The Labute approximate surface area is 132 Å². The number of fused-ring (bicyclic) bond motifs is 2. The number of carbonyl (C=O) groups is 1. The van der Waals surface area contributed by atoms with Crippen molar-refractivity contribution < 1.29 is 9.53 Å². The SMILES string of the molecule is CC(=O)C1CC(OC2=CCC3=C(C=C2)C=CC2CC32)CN1C. The molecule has 1 saturated carbocycles. The molecule has 4 aliphatic rings. The molecule has 0 amide bonds. The summed E-state index contributed by atoms with van der Waals surface area (Å²) in [6.07, 6.45) is 14.4. The first-order chi connectivity index (χ1) is 10.6. The minimum absolute atomic E-state index is 0.0156. The molecule has 22 heavy (non-hydrogen) atoms. The van der Waals surface area contributed by atoms with E-state index in [1.54, 1.807) is 12.5 Å². The van der Waals surface area contributed by atoms with Crippen LogP contribution in [0.4, 0.5) is 0 Å². The first-order valence-electron chi connectivity index (χ1n) is 8.28. The van der Waals surface area contributed by atoms with Gasteiger partial charge in [0.15, 0.2) is 0 Å². The number of likely N-dealkylation sites (N-methyl/N-ethyl adjacent to an activating group) is 1. The van der Waals surface area contributed by atoms with Crippen molar-refractivity contribution in [1.29, 1.82) is 0 Å². The van der Waals surface area contributed by atoms with E-state index < -0.39 is 0 Å². The fraction of sp³-hybridized carbons (Fsp3) is 0.526. The third kappa shape index (κ3) is 2.48. The molecule has 0 aromatic rings. The fourth-order valence-corrected chi connectivity index (χ4v) is 4.05. The molecule has 116 valence electrons. The number of Topliss-reactive ketones (excluding diaryl/α,β-unsaturated/α-hetero) is 1. The van der Waals surface area contributed by atoms with Crippen molar-refractivity contribution in [3.8, 4) is 0 Å². The highest BCUT2D eigenvalue weighted by molar-refractivity contribution is 5.81. The summed E-state index contributed by atoms with van der Waals surface area (Å²) in [5.74, 6) is 2.77. The molecule has 4 unspecified atom stereocenters. The number of rotatable bonds is 3. The molecule has 0 spiro atoms. The Hall–Kier alpha value is -1.61. The third-order valence-corrected chi connectivity index (χ3v) is 5.41. The number of likely N-dealkylation sites (tertiary alicyclic amines) is 1. The number of allylic oxidation sites excluding steroid dienone is 7. The Morgan fingerprint density at radius 1 is 1.27 bits per heavy atom. The zero-order valence-corrected chi connectivity index (χ0v) is 13.3. The van der Waals surface area contributed by atoms with Gasteiger partial charge in [-0.1, -0.05) is 23.8 Å². The number of ether oxygens (including phenoxy) is 1. The summed E-state index contributed by atoms with van der Waals surface area (Å²) in [4.78, 5) is 13.7. The van der Waals surface area contributed by atoms with Crippen LogP contribution in [0.3, 0.4) is 0 Å². The van der Waals surface area contributed by atoms with Crippen LogP contribution in [0.2, 0.25) is 0 Å². The molecule has 0 aromatic heterocycles. The van der Waals surface area contributed by atoms with Gasteiger partial charge in [0.05, 0.1) is 6.04 Å². The van der Waals surface area contributed by atoms with E-state index in [0.29, 0.717) is 0 Å². The summed E-state index contributed by atoms with van der Waals surface area (Å²) in [5, 5.41) is 0. The maximum atomic E-state index is 11.6. The van der Waals surface area contributed by atoms with Gasteiger partial charge in [-0.25, -0.2) is 0 Å². The number of hydrogen-bond donors (Lipinski definition) is 0. The van der Waals surface area contributed by atoms with E-state index in [0.717, 1.165) is 37.0 Å². The van der Waals surface area contributed by atoms with E-state index in [2.05, 4.69) is 35.3 Å². The first-order valence-corrected chi connectivity index (χ1v) is 8.28. The summed E-state index contributed by atoms with van der Waals surface area (Å²) in [6, 6.07) is 0.0156. The topological polar surface area (TPSA) is 29.5 Å². The molecule has 0 radical (unpaired) electrons. The second-order valence-corrected chi connectivity index (χ2v) is 7.03. The zero-order valence-electron chi connectivity index (χ0n) is 13.3. The molecule has 3 nitrogen and oxygen atoms in total. The summed E-state index contributed by atoms with van der Waals surface area (Å²) < 4.78 is 6.17. The summed E-state index contributed by atoms with van der Waals surface area (Å²) in [7, 11) is 2.00. The fourth-order valence-electron chi connectivity index (χ4n) is 4.05. The molecule has 2 fully saturated rings. The van der Waals surface area contributed by atoms with Gasteiger partial charge in [-0.05, 0) is 56.4 Å². The molecule has 0 N–H and O–H groups in total. The van der Waals surface area contributed by atoms with Crippen LogP contribution in [0, 0.1) is 11.8 Å². The van der Waals surface area contributed by atoms with Crippen molar-refractivity contribution in [3.63, 3.8) is 0 Å². The molecule has 1 heterocycles. The normalized spacial score (nSPS) is 36.5. The Bertz CT molecular complexity index is 625. The van der Waals surface area contributed by atoms with Gasteiger partial charge in [0, 0.05) is 13.0 Å². The molecule has 0 aromatic carbocycles. The minimum Gasteiger partial charge on any atom is -0.489 e. The van der Waals surface area contributed by atoms with Gasteiger partial charge in [-0.2, -0.15) is 0 Å². The summed E-state index contributed by atoms with van der Waals surface area (Å²) >= 11 is 0. The second-order valence-electron chi connectivity index (χ2n) is 7.03. The smallest absolute Gasteiger partial charge is 0.147 e. The van der Waals surface area contributed by atoms with E-state index in [1.165, 1.54) is 12.0 Å². The van der Waals surface area contributed by atoms with Crippen LogP contribution < -0.4 is 0 Å². The Morgan fingerprint density at radius 3 is 2.91 bits per heavy atom. The second kappa shape index (κ2) is 5.24. The average molecular weight is 297 g/mol. The van der Waals surface area contributed by atoms with Gasteiger partial charge in [-0.3, -0.25) is 9.69 Å². The molecule has 1 saturated heterocycles. The summed E-state index contributed by atoms with van der Waals surface area (Å²) in [6.45, 7) is 2.50. The number of nitrogens with zero attached hydrogens (tertiary/aromatic N) is 1. The molecular weight excluding hydrogens is 274 g/mol. The summed E-state index contributed by atoms with van der Waals surface area (Å²) in [5.41, 5.74) is 2.95. The lowest BCUT2D eigenvalue weighted by atomic mass is 9.95. The monoisotopic (exact) mass is 297 g/mol. The molecule has 4 atom stereocenters. The molecular formula is C19H23NO2. The van der Waals surface area contributed by atoms with Crippen molar-refractivity contribution in [3.05, 3.63) is 47.3 Å². The van der Waals surface area contributed by atoms with Crippen LogP contribution in [-0.2, 0) is 9.53 Å². The van der Waals surface area contributed by atoms with E-state index >= 15 is 0 Å². The Kier molecular flexibility index (Phi) is 3.33. The average Bonchev–Trinajstić information content (AvgIpc) is 3.20. The maximum Gasteiger partial charge on any atom is 0.147 e. The third-order valence-electron chi connectivity index (χ3n) is 5.41. The van der Waals surface area contributed by atoms with Crippen molar-refractivity contribution in [2.75, 3.05) is 13.6 Å². The number of ketones is 1. The lowest BCUT2D eigenvalue weighted by molar-refractivity contribution is -0.120. The van der Waals surface area contributed by atoms with Crippen molar-refractivity contribution in [2.24, 2.45) is 11.8 Å². The van der Waals surface area contributed by atoms with Crippen molar-refractivity contribution in [1.82, 2.24) is 4.90 Å². The van der Waals surface area contributed by atoms with Gasteiger partial charge >= 0.3 is 0 Å². The van der Waals surface area contributed by atoms with Crippen LogP contribution in [-0.4, -0.2) is 36.4 Å². The predicted molar refractivity (Wildman–Crippen MR) is 86.2 cm³/mol. The standard InChI is InChI=1S/C19H23NO2/c1-12(21)19-10-16(11-20(19)2)22-15-6-5-13-3-4-14-9-18(14)17(13)8-7-15/h3-7,14,16,18-19H,8-11H2,1-2H3. The van der Waals surface area contributed by atoms with Crippen molar-refractivity contribution >= 4 is 5.78 Å². The maximum absolute atomic E-state index is 11.6. The van der Waals surface area contributed by atoms with Crippen LogP contribution in [0.5, 0.6) is 0 Å². The van der Waals surface area contributed by atoms with Crippen LogP contribution in [0.15, 0.2) is 47.3 Å². The molecule has 4 rings (SSSR count). The first kappa shape index (κ1) is 14.0. The highest BCUT2D eigenvalue weighted by Crippen LogP contribution is 2.51. The number of hydrogen-bond acceptors (Lipinski definition) is 3. The number of carbonyl (C=O) groups excluding carboxylic acids is 1. The quantitative estimate of drug-likeness (QED) is 0.802. The van der Waals surface area contributed by atoms with Crippen LogP contribution in [0.25, 0.3) is 0 Å². The van der Waals surface area contributed by atoms with Gasteiger partial charge in [0.2, 0.25) is 0 Å². The largest absolute Gasteiger partial charge is 0.489 e. The van der Waals surface area contributed by atoms with Crippen molar-refractivity contribution in [2.45, 2.75) is 38.3 Å². The molecule has 0 bridgehead atoms. The van der Waals surface area contributed by atoms with Gasteiger partial charge in [0.1, 0.15) is 17.6 Å². The molecule has 3 heteroatoms. The van der Waals surface area contributed by atoms with E-state index in [9.17, 15) is 4.79 Å². The van der Waals surface area contributed by atoms with E-state index in [-0.39, 0.29) is 17.9 Å². The van der Waals surface area contributed by atoms with Gasteiger partial charge < -0.3 is 4.74 Å².